The molecule has 0 rings (SSSR count). The van der Waals surface area contributed by atoms with Crippen LogP contribution >= 0.6 is 7.82 Å². The molecule has 0 radical (unpaired) electrons. The van der Waals surface area contributed by atoms with Crippen molar-refractivity contribution in [3.8, 4) is 0 Å². The first-order valence-corrected chi connectivity index (χ1v) is 25.6. The summed E-state index contributed by atoms with van der Waals surface area (Å²) in [5, 5.41) is 18.4. The Morgan fingerprint density at radius 1 is 0.500 bits per heavy atom. The molecule has 0 aliphatic carbocycles. The number of unbranched alkanes of at least 4 members (excludes halogenated alkanes) is 30. The molecule has 0 bridgehead atoms. The Morgan fingerprint density at radius 2 is 0.879 bits per heavy atom. The molecule has 0 aromatic rings. The number of esters is 2. The highest BCUT2D eigenvalue weighted by atomic mass is 31.2. The lowest BCUT2D eigenvalue weighted by atomic mass is 10.0. The molecule has 10 nitrogen and oxygen atoms in total. The van der Waals surface area contributed by atoms with E-state index >= 15 is 0 Å². The lowest BCUT2D eigenvalue weighted by Gasteiger charge is -2.20. The van der Waals surface area contributed by atoms with Crippen molar-refractivity contribution in [2.75, 3.05) is 26.4 Å². The van der Waals surface area contributed by atoms with Gasteiger partial charge in [-0.15, -0.1) is 0 Å². The van der Waals surface area contributed by atoms with Gasteiger partial charge in [-0.25, -0.2) is 4.57 Å². The van der Waals surface area contributed by atoms with E-state index in [1.807, 2.05) is 6.08 Å². The van der Waals surface area contributed by atoms with Gasteiger partial charge in [-0.05, 0) is 25.7 Å². The second kappa shape index (κ2) is 43.8. The van der Waals surface area contributed by atoms with Gasteiger partial charge in [-0.1, -0.05) is 212 Å². The average molecular weight is 847 g/mol. The number of rotatable bonds is 46. The fourth-order valence-electron chi connectivity index (χ4n) is 6.95. The van der Waals surface area contributed by atoms with Crippen LogP contribution in [0.1, 0.15) is 239 Å². The number of carbonyl (C=O) groups is 2. The second-order valence-corrected chi connectivity index (χ2v) is 17.9. The van der Waals surface area contributed by atoms with Crippen LogP contribution in [-0.2, 0) is 32.7 Å². The molecule has 0 aromatic carbocycles. The summed E-state index contributed by atoms with van der Waals surface area (Å²) in [5.41, 5.74) is 0. The van der Waals surface area contributed by atoms with Gasteiger partial charge in [0.2, 0.25) is 0 Å². The molecule has 1 unspecified atom stereocenters. The Balaban J connectivity index is 4.20. The van der Waals surface area contributed by atoms with Gasteiger partial charge in [-0.2, -0.15) is 0 Å². The molecule has 0 aliphatic heterocycles. The quantitative estimate of drug-likeness (QED) is 0.0234. The van der Waals surface area contributed by atoms with Crippen LogP contribution in [0.5, 0.6) is 0 Å². The summed E-state index contributed by atoms with van der Waals surface area (Å²) in [6.45, 7) is 2.39. The summed E-state index contributed by atoms with van der Waals surface area (Å²) in [7, 11) is -4.62. The first-order valence-electron chi connectivity index (χ1n) is 24.1. The Hall–Kier alpha value is -1.29. The van der Waals surface area contributed by atoms with Gasteiger partial charge in [-0.3, -0.25) is 18.6 Å². The number of hydrogen-bond donors (Lipinski definition) is 3. The van der Waals surface area contributed by atoms with Crippen molar-refractivity contribution < 1.29 is 47.8 Å². The van der Waals surface area contributed by atoms with E-state index < -0.39 is 51.8 Å². The van der Waals surface area contributed by atoms with E-state index in [4.69, 9.17) is 23.6 Å². The normalized spacial score (nSPS) is 13.8. The van der Waals surface area contributed by atoms with Crippen molar-refractivity contribution in [1.29, 1.82) is 0 Å². The van der Waals surface area contributed by atoms with Crippen LogP contribution in [0.3, 0.4) is 0 Å². The van der Waals surface area contributed by atoms with Gasteiger partial charge in [0.25, 0.3) is 0 Å². The summed E-state index contributed by atoms with van der Waals surface area (Å²) >= 11 is 0. The predicted molar refractivity (Wildman–Crippen MR) is 238 cm³/mol. The first-order chi connectivity index (χ1) is 28.2. The van der Waals surface area contributed by atoms with Crippen LogP contribution in [0.25, 0.3) is 0 Å². The summed E-state index contributed by atoms with van der Waals surface area (Å²) in [5.74, 6) is -0.967. The Kier molecular flexibility index (Phi) is 42.8. The maximum atomic E-state index is 12.6. The third-order valence-corrected chi connectivity index (χ3v) is 11.6. The zero-order valence-electron chi connectivity index (χ0n) is 37.5. The largest absolute Gasteiger partial charge is 0.472 e. The number of phosphoric ester groups is 1. The lowest BCUT2D eigenvalue weighted by molar-refractivity contribution is -0.161. The van der Waals surface area contributed by atoms with Crippen LogP contribution in [0.2, 0.25) is 0 Å². The first kappa shape index (κ1) is 56.7. The zero-order chi connectivity index (χ0) is 42.6. The van der Waals surface area contributed by atoms with Gasteiger partial charge in [0.1, 0.15) is 12.7 Å². The minimum Gasteiger partial charge on any atom is -0.462 e. The van der Waals surface area contributed by atoms with Crippen molar-refractivity contribution in [3.63, 3.8) is 0 Å². The molecule has 11 heteroatoms. The highest BCUT2D eigenvalue weighted by Gasteiger charge is 2.27. The fourth-order valence-corrected chi connectivity index (χ4v) is 7.74. The molecular formula is C47H91O10P. The van der Waals surface area contributed by atoms with E-state index in [-0.39, 0.29) is 19.4 Å². The van der Waals surface area contributed by atoms with Gasteiger partial charge in [0.15, 0.2) is 6.10 Å². The molecule has 0 saturated heterocycles. The number of ether oxygens (including phenoxy) is 2. The van der Waals surface area contributed by atoms with E-state index in [1.165, 1.54) is 167 Å². The average Bonchev–Trinajstić information content (AvgIpc) is 3.21. The van der Waals surface area contributed by atoms with E-state index in [2.05, 4.69) is 19.9 Å². The summed E-state index contributed by atoms with van der Waals surface area (Å²) in [4.78, 5) is 35.0. The molecule has 0 aromatic heterocycles. The highest BCUT2D eigenvalue weighted by Crippen LogP contribution is 2.43. The maximum absolute atomic E-state index is 12.6. The van der Waals surface area contributed by atoms with Gasteiger partial charge < -0.3 is 24.6 Å². The van der Waals surface area contributed by atoms with E-state index in [9.17, 15) is 24.2 Å². The van der Waals surface area contributed by atoms with Gasteiger partial charge in [0.05, 0.1) is 19.8 Å². The smallest absolute Gasteiger partial charge is 0.462 e. The monoisotopic (exact) mass is 847 g/mol. The molecule has 344 valence electrons. The summed E-state index contributed by atoms with van der Waals surface area (Å²) in [6.07, 6.45) is 43.4. The minimum absolute atomic E-state index is 0.163. The van der Waals surface area contributed by atoms with Crippen LogP contribution in [0.15, 0.2) is 12.2 Å². The molecule has 0 spiro atoms. The number of aliphatic hydroxyl groups excluding tert-OH is 2. The standard InChI is InChI=1S/C47H91O10P/c1-3-5-7-9-11-13-15-17-19-20-21-22-23-25-27-29-31-33-35-37-39-47(51)57-45(43-56-58(52,53)55-41-44(49)40-48)42-54-46(50)38-36-34-32-30-28-26-24-18-16-14-12-10-8-6-4-2/h32,34,44-45,48-49H,3-31,33,35-43H2,1-2H3,(H,52,53)/b34-32+/t44-,45+/m0/s1. The predicted octanol–water partition coefficient (Wildman–Crippen LogP) is 13.2. The van der Waals surface area contributed by atoms with E-state index in [1.54, 1.807) is 0 Å². The molecular weight excluding hydrogens is 755 g/mol. The molecule has 3 N–H and O–H groups in total. The number of phosphoric acid groups is 1. The fraction of sp³-hybridized carbons (Fsp3) is 0.915. The number of carbonyl (C=O) groups excluding carboxylic acids is 2. The van der Waals surface area contributed by atoms with Crippen molar-refractivity contribution in [2.45, 2.75) is 251 Å². The van der Waals surface area contributed by atoms with Crippen LogP contribution in [0.4, 0.5) is 0 Å². The second-order valence-electron chi connectivity index (χ2n) is 16.5. The Bertz CT molecular complexity index is 977. The Labute approximate surface area is 356 Å². The molecule has 0 heterocycles. The number of aliphatic hydroxyl groups is 2. The van der Waals surface area contributed by atoms with E-state index in [0.29, 0.717) is 12.8 Å². The van der Waals surface area contributed by atoms with Crippen molar-refractivity contribution in [1.82, 2.24) is 0 Å². The van der Waals surface area contributed by atoms with Crippen molar-refractivity contribution >= 4 is 19.8 Å². The lowest BCUT2D eigenvalue weighted by Crippen LogP contribution is -2.29. The Morgan fingerprint density at radius 3 is 1.31 bits per heavy atom. The van der Waals surface area contributed by atoms with Gasteiger partial charge in [0, 0.05) is 12.8 Å². The third kappa shape index (κ3) is 42.8. The van der Waals surface area contributed by atoms with Crippen molar-refractivity contribution in [2.24, 2.45) is 0 Å². The molecule has 0 amide bonds. The number of allylic oxidation sites excluding steroid dienone is 2. The molecule has 0 aliphatic rings. The van der Waals surface area contributed by atoms with Crippen LogP contribution in [0, 0.1) is 0 Å². The number of hydrogen-bond acceptors (Lipinski definition) is 9. The third-order valence-electron chi connectivity index (χ3n) is 10.7. The summed E-state index contributed by atoms with van der Waals surface area (Å²) < 4.78 is 32.8. The van der Waals surface area contributed by atoms with Crippen LogP contribution < -0.4 is 0 Å². The zero-order valence-corrected chi connectivity index (χ0v) is 38.4. The van der Waals surface area contributed by atoms with Gasteiger partial charge >= 0.3 is 19.8 Å². The SMILES string of the molecule is CCCCCCCCCCCCC/C=C/CCC(=O)OC[C@H](COP(=O)(O)OC[C@@H](O)CO)OC(=O)CCCCCCCCCCCCCCCCCCCCCC. The maximum Gasteiger partial charge on any atom is 0.472 e. The molecule has 0 saturated carbocycles. The van der Waals surface area contributed by atoms with Crippen molar-refractivity contribution in [3.05, 3.63) is 12.2 Å². The summed E-state index contributed by atoms with van der Waals surface area (Å²) in [6, 6.07) is 0. The minimum atomic E-state index is -4.62. The molecule has 3 atom stereocenters. The van der Waals surface area contributed by atoms with Crippen LogP contribution in [-0.4, -0.2) is 65.7 Å². The highest BCUT2D eigenvalue weighted by molar-refractivity contribution is 7.47. The molecule has 58 heavy (non-hydrogen) atoms. The van der Waals surface area contributed by atoms with E-state index in [0.717, 1.165) is 32.1 Å². The molecule has 0 fully saturated rings. The topological polar surface area (TPSA) is 149 Å².